The van der Waals surface area contributed by atoms with Crippen LogP contribution < -0.4 is 4.90 Å². The predicted molar refractivity (Wildman–Crippen MR) is 107 cm³/mol. The molecule has 0 saturated heterocycles. The van der Waals surface area contributed by atoms with Gasteiger partial charge in [-0.15, -0.1) is 11.8 Å². The second-order valence-electron chi connectivity index (χ2n) is 7.06. The maximum Gasteiger partial charge on any atom is 0.309 e. The zero-order chi connectivity index (χ0) is 18.6. The third kappa shape index (κ3) is 3.88. The Kier molecular flexibility index (Phi) is 5.48. The third-order valence-corrected chi connectivity index (χ3v) is 6.45. The third-order valence-electron chi connectivity index (χ3n) is 5.31. The Hall–Kier alpha value is -2.27. The number of nitrogens with zero attached hydrogens (tertiary/aromatic N) is 1. The molecule has 0 radical (unpaired) electrons. The standard InChI is InChI=1S/C22H23NO3S/c24-21(14-26-22(25)17-10-4-5-11-17)23-18-12-6-7-13-20(18)27-15-19(23)16-8-2-1-3-9-16/h1-3,6-9,12-13,17,19H,4-5,10-11,14-15H2/t19-/m1/s1. The molecule has 2 aliphatic rings. The Morgan fingerprint density at radius 2 is 1.70 bits per heavy atom. The molecule has 1 amide bonds. The molecular weight excluding hydrogens is 358 g/mol. The summed E-state index contributed by atoms with van der Waals surface area (Å²) in [7, 11) is 0. The van der Waals surface area contributed by atoms with E-state index in [9.17, 15) is 9.59 Å². The molecule has 140 valence electrons. The minimum absolute atomic E-state index is 0.0353. The van der Waals surface area contributed by atoms with E-state index in [-0.39, 0.29) is 30.4 Å². The SMILES string of the molecule is O=C(OCC(=O)N1c2ccccc2SC[C@@H]1c1ccccc1)C1CCCC1. The zero-order valence-corrected chi connectivity index (χ0v) is 16.0. The van der Waals surface area contributed by atoms with Gasteiger partial charge in [0.2, 0.25) is 0 Å². The largest absolute Gasteiger partial charge is 0.455 e. The maximum absolute atomic E-state index is 13.1. The number of para-hydroxylation sites is 1. The van der Waals surface area contributed by atoms with Gasteiger partial charge in [0, 0.05) is 10.6 Å². The number of amides is 1. The highest BCUT2D eigenvalue weighted by Gasteiger charge is 2.33. The summed E-state index contributed by atoms with van der Waals surface area (Å²) in [4.78, 5) is 28.2. The highest BCUT2D eigenvalue weighted by Crippen LogP contribution is 2.43. The van der Waals surface area contributed by atoms with E-state index in [0.717, 1.165) is 47.6 Å². The summed E-state index contributed by atoms with van der Waals surface area (Å²) >= 11 is 1.76. The van der Waals surface area contributed by atoms with Crippen LogP contribution in [0.15, 0.2) is 59.5 Å². The van der Waals surface area contributed by atoms with Crippen molar-refractivity contribution in [3.63, 3.8) is 0 Å². The smallest absolute Gasteiger partial charge is 0.309 e. The van der Waals surface area contributed by atoms with E-state index in [1.165, 1.54) is 0 Å². The van der Waals surface area contributed by atoms with Crippen molar-refractivity contribution in [3.05, 3.63) is 60.2 Å². The van der Waals surface area contributed by atoms with Crippen molar-refractivity contribution >= 4 is 29.3 Å². The number of fused-ring (bicyclic) bond motifs is 1. The molecule has 0 spiro atoms. The lowest BCUT2D eigenvalue weighted by Crippen LogP contribution is -2.41. The van der Waals surface area contributed by atoms with Crippen molar-refractivity contribution in [2.24, 2.45) is 5.92 Å². The summed E-state index contributed by atoms with van der Waals surface area (Å²) in [5.41, 5.74) is 1.99. The maximum atomic E-state index is 13.1. The molecule has 2 aromatic rings. The van der Waals surface area contributed by atoms with Crippen molar-refractivity contribution in [2.45, 2.75) is 36.6 Å². The number of carbonyl (C=O) groups is 2. The molecule has 2 aromatic carbocycles. The average molecular weight is 381 g/mol. The molecule has 0 aromatic heterocycles. The van der Waals surface area contributed by atoms with Gasteiger partial charge in [-0.3, -0.25) is 14.5 Å². The van der Waals surface area contributed by atoms with Crippen LogP contribution in [-0.2, 0) is 14.3 Å². The number of anilines is 1. The Bertz CT molecular complexity index is 817. The van der Waals surface area contributed by atoms with Gasteiger partial charge < -0.3 is 4.74 Å². The molecule has 0 N–H and O–H groups in total. The van der Waals surface area contributed by atoms with Crippen LogP contribution in [0, 0.1) is 5.92 Å². The molecule has 5 heteroatoms. The van der Waals surface area contributed by atoms with Crippen LogP contribution in [0.3, 0.4) is 0 Å². The van der Waals surface area contributed by atoms with Crippen molar-refractivity contribution in [1.82, 2.24) is 0 Å². The van der Waals surface area contributed by atoms with E-state index in [2.05, 4.69) is 0 Å². The number of carbonyl (C=O) groups excluding carboxylic acids is 2. The van der Waals surface area contributed by atoms with Crippen molar-refractivity contribution < 1.29 is 14.3 Å². The Morgan fingerprint density at radius 1 is 1.00 bits per heavy atom. The Balaban J connectivity index is 1.55. The number of rotatable bonds is 4. The fourth-order valence-corrected chi connectivity index (χ4v) is 5.07. The second-order valence-corrected chi connectivity index (χ2v) is 8.12. The lowest BCUT2D eigenvalue weighted by Gasteiger charge is -2.37. The van der Waals surface area contributed by atoms with Crippen LogP contribution in [-0.4, -0.2) is 24.2 Å². The van der Waals surface area contributed by atoms with Gasteiger partial charge in [-0.25, -0.2) is 0 Å². The number of hydrogen-bond donors (Lipinski definition) is 0. The van der Waals surface area contributed by atoms with Gasteiger partial charge in [0.15, 0.2) is 6.61 Å². The van der Waals surface area contributed by atoms with Gasteiger partial charge in [0.05, 0.1) is 17.6 Å². The summed E-state index contributed by atoms with van der Waals surface area (Å²) < 4.78 is 5.40. The quantitative estimate of drug-likeness (QED) is 0.726. The van der Waals surface area contributed by atoms with Crippen LogP contribution in [0.4, 0.5) is 5.69 Å². The number of benzene rings is 2. The predicted octanol–water partition coefficient (Wildman–Crippen LogP) is 4.60. The van der Waals surface area contributed by atoms with Gasteiger partial charge in [-0.1, -0.05) is 55.3 Å². The molecule has 1 aliphatic carbocycles. The van der Waals surface area contributed by atoms with E-state index in [0.29, 0.717) is 0 Å². The topological polar surface area (TPSA) is 46.6 Å². The van der Waals surface area contributed by atoms with E-state index < -0.39 is 0 Å². The number of ether oxygens (including phenoxy) is 1. The van der Waals surface area contributed by atoms with Crippen LogP contribution in [0.25, 0.3) is 0 Å². The minimum atomic E-state index is -0.225. The molecule has 0 unspecified atom stereocenters. The van der Waals surface area contributed by atoms with Crippen LogP contribution in [0.1, 0.15) is 37.3 Å². The van der Waals surface area contributed by atoms with Gasteiger partial charge in [0.25, 0.3) is 5.91 Å². The molecule has 27 heavy (non-hydrogen) atoms. The van der Waals surface area contributed by atoms with E-state index in [1.807, 2.05) is 59.5 Å². The van der Waals surface area contributed by atoms with Crippen LogP contribution in [0.2, 0.25) is 0 Å². The van der Waals surface area contributed by atoms with Crippen LogP contribution >= 0.6 is 11.8 Å². The molecule has 1 heterocycles. The van der Waals surface area contributed by atoms with E-state index >= 15 is 0 Å². The molecule has 1 atom stereocenters. The van der Waals surface area contributed by atoms with E-state index in [4.69, 9.17) is 4.74 Å². The normalized spacial score (nSPS) is 19.6. The summed E-state index contributed by atoms with van der Waals surface area (Å²) in [5.74, 6) is 0.357. The highest BCUT2D eigenvalue weighted by molar-refractivity contribution is 7.99. The fourth-order valence-electron chi connectivity index (χ4n) is 3.90. The first-order valence-electron chi connectivity index (χ1n) is 9.49. The highest BCUT2D eigenvalue weighted by atomic mass is 32.2. The first kappa shape index (κ1) is 18.1. The summed E-state index contributed by atoms with van der Waals surface area (Å²) in [5, 5.41) is 0. The monoisotopic (exact) mass is 381 g/mol. The lowest BCUT2D eigenvalue weighted by atomic mass is 10.1. The summed E-state index contributed by atoms with van der Waals surface area (Å²) in [6.07, 6.45) is 3.90. The van der Waals surface area contributed by atoms with Crippen molar-refractivity contribution in [2.75, 3.05) is 17.3 Å². The fraction of sp³-hybridized carbons (Fsp3) is 0.364. The molecular formula is C22H23NO3S. The van der Waals surface area contributed by atoms with Gasteiger partial charge in [-0.2, -0.15) is 0 Å². The van der Waals surface area contributed by atoms with Gasteiger partial charge in [-0.05, 0) is 30.5 Å². The minimum Gasteiger partial charge on any atom is -0.455 e. The summed E-state index contributed by atoms with van der Waals surface area (Å²) in [6, 6.07) is 17.9. The number of hydrogen-bond acceptors (Lipinski definition) is 4. The number of thioether (sulfide) groups is 1. The average Bonchev–Trinajstić information content (AvgIpc) is 3.26. The molecule has 1 aliphatic heterocycles. The molecule has 4 rings (SSSR count). The second kappa shape index (κ2) is 8.17. The zero-order valence-electron chi connectivity index (χ0n) is 15.2. The molecule has 1 fully saturated rings. The Morgan fingerprint density at radius 3 is 2.48 bits per heavy atom. The lowest BCUT2D eigenvalue weighted by molar-refractivity contribution is -0.151. The van der Waals surface area contributed by atoms with Crippen molar-refractivity contribution in [1.29, 1.82) is 0 Å². The first-order valence-corrected chi connectivity index (χ1v) is 10.5. The van der Waals surface area contributed by atoms with Gasteiger partial charge in [0.1, 0.15) is 0 Å². The van der Waals surface area contributed by atoms with E-state index in [1.54, 1.807) is 11.8 Å². The van der Waals surface area contributed by atoms with Gasteiger partial charge >= 0.3 is 5.97 Å². The Labute approximate surface area is 163 Å². The molecule has 0 bridgehead atoms. The van der Waals surface area contributed by atoms with Crippen molar-refractivity contribution in [3.8, 4) is 0 Å². The first-order chi connectivity index (χ1) is 13.2. The molecule has 1 saturated carbocycles. The number of esters is 1. The molecule has 4 nitrogen and oxygen atoms in total. The summed E-state index contributed by atoms with van der Waals surface area (Å²) in [6.45, 7) is -0.197. The van der Waals surface area contributed by atoms with Crippen LogP contribution in [0.5, 0.6) is 0 Å².